The van der Waals surface area contributed by atoms with Gasteiger partial charge in [0.1, 0.15) is 16.9 Å². The fourth-order valence-corrected chi connectivity index (χ4v) is 3.09. The van der Waals surface area contributed by atoms with E-state index in [1.54, 1.807) is 6.07 Å². The third kappa shape index (κ3) is 3.31. The Hall–Kier alpha value is -2.48. The maximum Gasteiger partial charge on any atom is 0.134 e. The van der Waals surface area contributed by atoms with E-state index in [9.17, 15) is 9.65 Å². The minimum absolute atomic E-state index is 0.196. The second-order valence-corrected chi connectivity index (χ2v) is 5.97. The second-order valence-electron chi connectivity index (χ2n) is 4.71. The van der Waals surface area contributed by atoms with Crippen molar-refractivity contribution in [1.82, 2.24) is 4.98 Å². The molecule has 3 rings (SSSR count). The van der Waals surface area contributed by atoms with Crippen molar-refractivity contribution in [3.63, 3.8) is 0 Å². The lowest BCUT2D eigenvalue weighted by Gasteiger charge is -2.01. The largest absolute Gasteiger partial charge is 0.235 e. The number of halogens is 2. The SMILES string of the molecule is N#C/C(=C\c1c(F)cccc1Cl)c1nc(-c2ccccc2)cs1. The van der Waals surface area contributed by atoms with Crippen LogP contribution in [-0.4, -0.2) is 4.98 Å². The molecule has 0 amide bonds. The summed E-state index contributed by atoms with van der Waals surface area (Å²) in [6.45, 7) is 0. The molecule has 23 heavy (non-hydrogen) atoms. The van der Waals surface area contributed by atoms with Crippen molar-refractivity contribution in [2.24, 2.45) is 0 Å². The number of hydrogen-bond donors (Lipinski definition) is 0. The van der Waals surface area contributed by atoms with Crippen LogP contribution in [0, 0.1) is 17.1 Å². The van der Waals surface area contributed by atoms with Gasteiger partial charge in [-0.15, -0.1) is 11.3 Å². The fraction of sp³-hybridized carbons (Fsp3) is 0. The van der Waals surface area contributed by atoms with Crippen LogP contribution in [0.15, 0.2) is 53.9 Å². The van der Waals surface area contributed by atoms with Gasteiger partial charge in [0, 0.05) is 16.5 Å². The third-order valence-electron chi connectivity index (χ3n) is 3.21. The van der Waals surface area contributed by atoms with Crippen LogP contribution in [-0.2, 0) is 0 Å². The minimum atomic E-state index is -0.468. The lowest BCUT2D eigenvalue weighted by Crippen LogP contribution is -1.87. The second kappa shape index (κ2) is 6.74. The maximum absolute atomic E-state index is 13.9. The summed E-state index contributed by atoms with van der Waals surface area (Å²) in [5, 5.41) is 12.1. The highest BCUT2D eigenvalue weighted by Gasteiger charge is 2.11. The average molecular weight is 341 g/mol. The number of thiazole rings is 1. The van der Waals surface area contributed by atoms with Gasteiger partial charge in [-0.05, 0) is 18.2 Å². The zero-order chi connectivity index (χ0) is 16.2. The molecule has 2 nitrogen and oxygen atoms in total. The third-order valence-corrected chi connectivity index (χ3v) is 4.42. The lowest BCUT2D eigenvalue weighted by molar-refractivity contribution is 0.625. The molecule has 0 aliphatic rings. The topological polar surface area (TPSA) is 36.7 Å². The summed E-state index contributed by atoms with van der Waals surface area (Å²) in [5.74, 6) is -0.468. The number of benzene rings is 2. The monoisotopic (exact) mass is 340 g/mol. The molecule has 0 unspecified atom stereocenters. The fourth-order valence-electron chi connectivity index (χ4n) is 2.07. The summed E-state index contributed by atoms with van der Waals surface area (Å²) in [6.07, 6.45) is 1.44. The molecule has 0 saturated carbocycles. The van der Waals surface area contributed by atoms with Crippen molar-refractivity contribution in [3.05, 3.63) is 75.3 Å². The summed E-state index contributed by atoms with van der Waals surface area (Å²) in [7, 11) is 0. The van der Waals surface area contributed by atoms with Crippen molar-refractivity contribution >= 4 is 34.6 Å². The predicted molar refractivity (Wildman–Crippen MR) is 92.4 cm³/mol. The van der Waals surface area contributed by atoms with Crippen LogP contribution in [0.5, 0.6) is 0 Å². The van der Waals surface area contributed by atoms with E-state index in [2.05, 4.69) is 11.1 Å². The molecule has 0 N–H and O–H groups in total. The molecule has 0 spiro atoms. The van der Waals surface area contributed by atoms with E-state index in [1.165, 1.54) is 29.5 Å². The van der Waals surface area contributed by atoms with Gasteiger partial charge in [-0.2, -0.15) is 5.26 Å². The number of rotatable bonds is 3. The molecule has 0 radical (unpaired) electrons. The quantitative estimate of drug-likeness (QED) is 0.576. The van der Waals surface area contributed by atoms with Crippen molar-refractivity contribution in [3.8, 4) is 17.3 Å². The van der Waals surface area contributed by atoms with Crippen LogP contribution < -0.4 is 0 Å². The summed E-state index contributed by atoms with van der Waals surface area (Å²) in [4.78, 5) is 4.47. The van der Waals surface area contributed by atoms with Crippen molar-refractivity contribution in [1.29, 1.82) is 5.26 Å². The molecule has 0 aliphatic carbocycles. The van der Waals surface area contributed by atoms with Gasteiger partial charge in [0.15, 0.2) is 0 Å². The van der Waals surface area contributed by atoms with E-state index in [1.807, 2.05) is 35.7 Å². The Morgan fingerprint density at radius 2 is 1.96 bits per heavy atom. The first-order valence-electron chi connectivity index (χ1n) is 6.76. The Morgan fingerprint density at radius 3 is 2.65 bits per heavy atom. The normalized spacial score (nSPS) is 11.3. The highest BCUT2D eigenvalue weighted by molar-refractivity contribution is 7.11. The molecule has 2 aromatic carbocycles. The van der Waals surface area contributed by atoms with Crippen LogP contribution in [0.3, 0.4) is 0 Å². The molecule has 0 fully saturated rings. The standard InChI is InChI=1S/C18H10ClFN2S/c19-15-7-4-8-16(20)14(15)9-13(10-21)18-22-17(11-23-18)12-5-2-1-3-6-12/h1-9,11H/b13-9+. The van der Waals surface area contributed by atoms with Gasteiger partial charge in [0.25, 0.3) is 0 Å². The Labute approximate surface area is 142 Å². The van der Waals surface area contributed by atoms with E-state index in [0.717, 1.165) is 11.3 Å². The van der Waals surface area contributed by atoms with Gasteiger partial charge in [0.2, 0.25) is 0 Å². The van der Waals surface area contributed by atoms with E-state index < -0.39 is 5.82 Å². The number of nitriles is 1. The molecule has 5 heteroatoms. The smallest absolute Gasteiger partial charge is 0.134 e. The maximum atomic E-state index is 13.9. The van der Waals surface area contributed by atoms with Crippen molar-refractivity contribution in [2.75, 3.05) is 0 Å². The summed E-state index contributed by atoms with van der Waals surface area (Å²) < 4.78 is 13.9. The average Bonchev–Trinajstić information content (AvgIpc) is 3.05. The molecular weight excluding hydrogens is 331 g/mol. The molecule has 0 atom stereocenters. The van der Waals surface area contributed by atoms with Crippen molar-refractivity contribution < 1.29 is 4.39 Å². The highest BCUT2D eigenvalue weighted by Crippen LogP contribution is 2.29. The van der Waals surface area contributed by atoms with Crippen LogP contribution in [0.1, 0.15) is 10.6 Å². The Balaban J connectivity index is 2.01. The number of allylic oxidation sites excluding steroid dienone is 1. The summed E-state index contributed by atoms with van der Waals surface area (Å²) in [6, 6.07) is 16.2. The summed E-state index contributed by atoms with van der Waals surface area (Å²) >= 11 is 7.35. The molecular formula is C18H10ClFN2S. The molecule has 112 valence electrons. The molecule has 3 aromatic rings. The lowest BCUT2D eigenvalue weighted by atomic mass is 10.1. The van der Waals surface area contributed by atoms with Crippen molar-refractivity contribution in [2.45, 2.75) is 0 Å². The molecule has 1 heterocycles. The molecule has 0 bridgehead atoms. The van der Waals surface area contributed by atoms with E-state index in [4.69, 9.17) is 11.6 Å². The first kappa shape index (κ1) is 15.4. The summed E-state index contributed by atoms with van der Waals surface area (Å²) in [5.41, 5.74) is 2.23. The van der Waals surface area contributed by atoms with E-state index in [-0.39, 0.29) is 16.2 Å². The van der Waals surface area contributed by atoms with Gasteiger partial charge in [-0.3, -0.25) is 0 Å². The molecule has 0 saturated heterocycles. The molecule has 1 aromatic heterocycles. The van der Waals surface area contributed by atoms with E-state index >= 15 is 0 Å². The van der Waals surface area contributed by atoms with Gasteiger partial charge < -0.3 is 0 Å². The van der Waals surface area contributed by atoms with Gasteiger partial charge in [-0.1, -0.05) is 48.0 Å². The van der Waals surface area contributed by atoms with Gasteiger partial charge in [0.05, 0.1) is 16.3 Å². The van der Waals surface area contributed by atoms with Crippen LogP contribution in [0.2, 0.25) is 5.02 Å². The Kier molecular flexibility index (Phi) is 4.52. The first-order chi connectivity index (χ1) is 11.2. The number of nitrogens with zero attached hydrogens (tertiary/aromatic N) is 2. The van der Waals surface area contributed by atoms with Gasteiger partial charge >= 0.3 is 0 Å². The number of hydrogen-bond acceptors (Lipinski definition) is 3. The van der Waals surface area contributed by atoms with Gasteiger partial charge in [-0.25, -0.2) is 9.37 Å². The van der Waals surface area contributed by atoms with Crippen LogP contribution in [0.4, 0.5) is 4.39 Å². The van der Waals surface area contributed by atoms with Crippen LogP contribution >= 0.6 is 22.9 Å². The predicted octanol–water partition coefficient (Wildman–Crippen LogP) is 5.67. The molecule has 0 aliphatic heterocycles. The Morgan fingerprint density at radius 1 is 1.17 bits per heavy atom. The number of aromatic nitrogens is 1. The zero-order valence-electron chi connectivity index (χ0n) is 11.8. The highest BCUT2D eigenvalue weighted by atomic mass is 35.5. The van der Waals surface area contributed by atoms with Crippen LogP contribution in [0.25, 0.3) is 22.9 Å². The Bertz CT molecular complexity index is 890. The first-order valence-corrected chi connectivity index (χ1v) is 8.02. The van der Waals surface area contributed by atoms with E-state index in [0.29, 0.717) is 5.01 Å². The zero-order valence-corrected chi connectivity index (χ0v) is 13.4. The minimum Gasteiger partial charge on any atom is -0.235 e.